The van der Waals surface area contributed by atoms with E-state index in [4.69, 9.17) is 9.47 Å². The number of nitrogens with one attached hydrogen (secondary N) is 1. The molecule has 0 spiro atoms. The Labute approximate surface area is 142 Å². The number of methoxy groups -OCH3 is 2. The van der Waals surface area contributed by atoms with Crippen molar-refractivity contribution in [3.05, 3.63) is 41.1 Å². The smallest absolute Gasteiger partial charge is 0.258 e. The van der Waals surface area contributed by atoms with Crippen molar-refractivity contribution in [1.29, 1.82) is 0 Å². The maximum atomic E-state index is 12.6. The molecule has 1 heterocycles. The van der Waals surface area contributed by atoms with Crippen LogP contribution >= 0.6 is 0 Å². The molecule has 0 radical (unpaired) electrons. The zero-order valence-corrected chi connectivity index (χ0v) is 15.1. The molecule has 1 N–H and O–H groups in total. The molecule has 6 heteroatoms. The van der Waals surface area contributed by atoms with Gasteiger partial charge in [0.05, 0.1) is 19.9 Å². The van der Waals surface area contributed by atoms with Crippen LogP contribution in [0.1, 0.15) is 35.5 Å². The molecule has 1 aromatic heterocycles. The number of hydrogen-bond donors (Lipinski definition) is 1. The van der Waals surface area contributed by atoms with Gasteiger partial charge < -0.3 is 14.8 Å². The van der Waals surface area contributed by atoms with Crippen molar-refractivity contribution in [2.24, 2.45) is 7.05 Å². The van der Waals surface area contributed by atoms with Gasteiger partial charge in [0, 0.05) is 24.6 Å². The molecular formula is C18H25N3O3. The fourth-order valence-electron chi connectivity index (χ4n) is 2.82. The maximum absolute atomic E-state index is 12.6. The number of carbonyl (C=O) groups is 1. The summed E-state index contributed by atoms with van der Waals surface area (Å²) < 4.78 is 12.3. The largest absolute Gasteiger partial charge is 0.496 e. The van der Waals surface area contributed by atoms with Gasteiger partial charge in [-0.25, -0.2) is 4.68 Å². The molecule has 0 atom stereocenters. The summed E-state index contributed by atoms with van der Waals surface area (Å²) in [7, 11) is 4.94. The van der Waals surface area contributed by atoms with E-state index in [-0.39, 0.29) is 11.3 Å². The first-order chi connectivity index (χ1) is 11.3. The predicted octanol–water partition coefficient (Wildman–Crippen LogP) is 2.45. The van der Waals surface area contributed by atoms with Gasteiger partial charge in [-0.15, -0.1) is 0 Å². The van der Waals surface area contributed by atoms with Gasteiger partial charge in [-0.3, -0.25) is 4.79 Å². The van der Waals surface area contributed by atoms with Crippen LogP contribution in [-0.4, -0.2) is 36.5 Å². The molecule has 130 valence electrons. The van der Waals surface area contributed by atoms with Crippen molar-refractivity contribution in [1.82, 2.24) is 15.1 Å². The second-order valence-electron chi connectivity index (χ2n) is 6.36. The van der Waals surface area contributed by atoms with Gasteiger partial charge >= 0.3 is 0 Å². The Morgan fingerprint density at radius 2 is 1.92 bits per heavy atom. The summed E-state index contributed by atoms with van der Waals surface area (Å²) in [5, 5.41) is 7.23. The van der Waals surface area contributed by atoms with Crippen molar-refractivity contribution in [3.63, 3.8) is 0 Å². The van der Waals surface area contributed by atoms with Crippen LogP contribution in [0.4, 0.5) is 0 Å². The Morgan fingerprint density at radius 1 is 1.25 bits per heavy atom. The van der Waals surface area contributed by atoms with Crippen LogP contribution in [0.2, 0.25) is 0 Å². The van der Waals surface area contributed by atoms with Crippen LogP contribution < -0.4 is 14.8 Å². The molecule has 0 bridgehead atoms. The Morgan fingerprint density at radius 3 is 2.54 bits per heavy atom. The minimum absolute atomic E-state index is 0.194. The molecule has 0 aliphatic heterocycles. The number of benzene rings is 1. The number of nitrogens with zero attached hydrogens (tertiary/aromatic N) is 2. The monoisotopic (exact) mass is 331 g/mol. The predicted molar refractivity (Wildman–Crippen MR) is 92.9 cm³/mol. The van der Waals surface area contributed by atoms with E-state index >= 15 is 0 Å². The van der Waals surface area contributed by atoms with Gasteiger partial charge in [0.25, 0.3) is 5.91 Å². The summed E-state index contributed by atoms with van der Waals surface area (Å²) >= 11 is 0. The van der Waals surface area contributed by atoms with E-state index in [1.54, 1.807) is 25.8 Å². The van der Waals surface area contributed by atoms with Crippen molar-refractivity contribution >= 4 is 5.91 Å². The third kappa shape index (κ3) is 3.37. The van der Waals surface area contributed by atoms with E-state index in [1.807, 2.05) is 24.3 Å². The lowest BCUT2D eigenvalue weighted by Gasteiger charge is -2.27. The Kier molecular flexibility index (Phi) is 5.17. The summed E-state index contributed by atoms with van der Waals surface area (Å²) in [4.78, 5) is 12.6. The molecular weight excluding hydrogens is 306 g/mol. The molecule has 0 unspecified atom stereocenters. The second kappa shape index (κ2) is 6.95. The lowest BCUT2D eigenvalue weighted by atomic mass is 9.84. The van der Waals surface area contributed by atoms with Crippen LogP contribution in [0.15, 0.2) is 24.3 Å². The van der Waals surface area contributed by atoms with Crippen molar-refractivity contribution in [2.75, 3.05) is 20.8 Å². The van der Waals surface area contributed by atoms with E-state index in [0.717, 1.165) is 11.3 Å². The Hall–Kier alpha value is -2.50. The number of aryl methyl sites for hydroxylation is 2. The van der Waals surface area contributed by atoms with Gasteiger partial charge in [-0.1, -0.05) is 32.0 Å². The third-order valence-electron chi connectivity index (χ3n) is 4.12. The summed E-state index contributed by atoms with van der Waals surface area (Å²) in [6, 6.07) is 7.84. The normalized spacial score (nSPS) is 11.2. The topological polar surface area (TPSA) is 65.4 Å². The molecule has 0 aliphatic rings. The lowest BCUT2D eigenvalue weighted by molar-refractivity contribution is 0.0941. The molecule has 0 fully saturated rings. The Balaban J connectivity index is 2.19. The van der Waals surface area contributed by atoms with Gasteiger partial charge in [-0.2, -0.15) is 5.10 Å². The number of ether oxygens (including phenoxy) is 2. The number of carbonyl (C=O) groups excluding carboxylic acids is 1. The summed E-state index contributed by atoms with van der Waals surface area (Å²) in [6.07, 6.45) is 0. The summed E-state index contributed by atoms with van der Waals surface area (Å²) in [5.74, 6) is 1.08. The molecule has 1 aromatic carbocycles. The molecule has 0 saturated heterocycles. The number of para-hydroxylation sites is 1. The zero-order chi connectivity index (χ0) is 17.9. The fraction of sp³-hybridized carbons (Fsp3) is 0.444. The van der Waals surface area contributed by atoms with Gasteiger partial charge in [0.2, 0.25) is 5.88 Å². The zero-order valence-electron chi connectivity index (χ0n) is 15.1. The van der Waals surface area contributed by atoms with Crippen LogP contribution in [0.3, 0.4) is 0 Å². The highest BCUT2D eigenvalue weighted by Crippen LogP contribution is 2.31. The van der Waals surface area contributed by atoms with Crippen LogP contribution in [0.25, 0.3) is 0 Å². The van der Waals surface area contributed by atoms with Gasteiger partial charge in [-0.05, 0) is 13.0 Å². The van der Waals surface area contributed by atoms with Crippen LogP contribution in [0, 0.1) is 6.92 Å². The molecule has 2 rings (SSSR count). The minimum Gasteiger partial charge on any atom is -0.496 e. The average Bonchev–Trinajstić information content (AvgIpc) is 2.86. The molecule has 6 nitrogen and oxygen atoms in total. The van der Waals surface area contributed by atoms with E-state index in [9.17, 15) is 4.79 Å². The molecule has 0 saturated carbocycles. The van der Waals surface area contributed by atoms with E-state index in [2.05, 4.69) is 24.3 Å². The number of amides is 1. The van der Waals surface area contributed by atoms with Crippen LogP contribution in [-0.2, 0) is 12.5 Å². The molecule has 2 aromatic rings. The van der Waals surface area contributed by atoms with Crippen molar-refractivity contribution in [3.8, 4) is 11.6 Å². The molecule has 1 amide bonds. The first kappa shape index (κ1) is 17.8. The SMILES string of the molecule is COc1ccccc1C(C)(C)CNC(=O)c1c(C)nn(C)c1OC. The number of hydrogen-bond acceptors (Lipinski definition) is 4. The molecule has 0 aliphatic carbocycles. The highest BCUT2D eigenvalue weighted by Gasteiger charge is 2.27. The van der Waals surface area contributed by atoms with Crippen molar-refractivity contribution < 1.29 is 14.3 Å². The summed E-state index contributed by atoms with van der Waals surface area (Å²) in [5.41, 5.74) is 1.87. The van der Waals surface area contributed by atoms with Crippen molar-refractivity contribution in [2.45, 2.75) is 26.2 Å². The fourth-order valence-corrected chi connectivity index (χ4v) is 2.82. The number of aromatic nitrogens is 2. The van der Waals surface area contributed by atoms with Gasteiger partial charge in [0.15, 0.2) is 0 Å². The first-order valence-electron chi connectivity index (χ1n) is 7.81. The van der Waals surface area contributed by atoms with E-state index in [1.165, 1.54) is 7.11 Å². The maximum Gasteiger partial charge on any atom is 0.258 e. The summed E-state index contributed by atoms with van der Waals surface area (Å²) in [6.45, 7) is 6.39. The average molecular weight is 331 g/mol. The Bertz CT molecular complexity index is 735. The van der Waals surface area contributed by atoms with Crippen LogP contribution in [0.5, 0.6) is 11.6 Å². The third-order valence-corrected chi connectivity index (χ3v) is 4.12. The standard InChI is InChI=1S/C18H25N3O3/c1-12-15(17(24-6)21(4)20-12)16(22)19-11-18(2,3)13-9-7-8-10-14(13)23-5/h7-10H,11H2,1-6H3,(H,19,22). The highest BCUT2D eigenvalue weighted by atomic mass is 16.5. The number of rotatable bonds is 6. The minimum atomic E-state index is -0.286. The second-order valence-corrected chi connectivity index (χ2v) is 6.36. The van der Waals surface area contributed by atoms with E-state index < -0.39 is 0 Å². The lowest BCUT2D eigenvalue weighted by Crippen LogP contribution is -2.37. The van der Waals surface area contributed by atoms with E-state index in [0.29, 0.717) is 23.7 Å². The highest BCUT2D eigenvalue weighted by molar-refractivity contribution is 5.97. The molecule has 24 heavy (non-hydrogen) atoms. The first-order valence-corrected chi connectivity index (χ1v) is 7.81. The van der Waals surface area contributed by atoms with Gasteiger partial charge in [0.1, 0.15) is 11.3 Å². The quantitative estimate of drug-likeness (QED) is 0.883.